The molecule has 2 atom stereocenters. The van der Waals surface area contributed by atoms with Gasteiger partial charge in [-0.15, -0.1) is 0 Å². The van der Waals surface area contributed by atoms with Crippen molar-refractivity contribution in [3.05, 3.63) is 98.7 Å². The Morgan fingerprint density at radius 3 is 2.55 bits per heavy atom. The molecule has 2 aromatic carbocycles. The van der Waals surface area contributed by atoms with E-state index in [1.165, 1.54) is 6.26 Å². The Labute approximate surface area is 232 Å². The number of carbonyl (C=O) groups excluding carboxylic acids is 2. The van der Waals surface area contributed by atoms with Crippen molar-refractivity contribution in [3.63, 3.8) is 0 Å². The molecule has 1 aliphatic heterocycles. The summed E-state index contributed by atoms with van der Waals surface area (Å²) in [6.45, 7) is 5.84. The van der Waals surface area contributed by atoms with Gasteiger partial charge in [-0.25, -0.2) is 4.79 Å². The van der Waals surface area contributed by atoms with Gasteiger partial charge in [-0.05, 0) is 51.0 Å². The SMILES string of the molecule is COc1ccccc1C1CC(=O)C2=C(C1)NC(C)=C(C(=O)OCCOC(C)C)C2c1coc2ccccc2c1=O. The second kappa shape index (κ2) is 11.5. The number of hydrogen-bond donors (Lipinski definition) is 1. The molecule has 1 N–H and O–H groups in total. The number of allylic oxidation sites excluding steroid dienone is 3. The molecule has 1 aliphatic carbocycles. The van der Waals surface area contributed by atoms with Gasteiger partial charge in [0.1, 0.15) is 17.9 Å². The van der Waals surface area contributed by atoms with Crippen LogP contribution in [-0.4, -0.2) is 38.2 Å². The monoisotopic (exact) mass is 543 g/mol. The maximum absolute atomic E-state index is 13.9. The maximum Gasteiger partial charge on any atom is 0.336 e. The number of esters is 1. The number of methoxy groups -OCH3 is 1. The van der Waals surface area contributed by atoms with Gasteiger partial charge < -0.3 is 23.9 Å². The molecule has 8 heteroatoms. The first-order valence-corrected chi connectivity index (χ1v) is 13.5. The molecular weight excluding hydrogens is 510 g/mol. The van der Waals surface area contributed by atoms with E-state index in [2.05, 4.69) is 5.32 Å². The van der Waals surface area contributed by atoms with Gasteiger partial charge in [-0.2, -0.15) is 0 Å². The molecule has 0 spiro atoms. The van der Waals surface area contributed by atoms with E-state index in [0.29, 0.717) is 40.1 Å². The standard InChI is InChI=1S/C32H33NO7/c1-18(2)38-13-14-39-32(36)28-19(3)33-24-15-20(21-9-5-7-11-26(21)37-4)16-25(34)30(24)29(28)23-17-40-27-12-8-6-10-22(27)31(23)35/h5-12,17-18,20,29,33H,13-16H2,1-4H3. The van der Waals surface area contributed by atoms with Crippen molar-refractivity contribution >= 4 is 22.7 Å². The highest BCUT2D eigenvalue weighted by molar-refractivity contribution is 6.04. The minimum atomic E-state index is -0.929. The fourth-order valence-electron chi connectivity index (χ4n) is 5.63. The topological polar surface area (TPSA) is 104 Å². The molecule has 0 saturated heterocycles. The summed E-state index contributed by atoms with van der Waals surface area (Å²) < 4.78 is 22.5. The third-order valence-corrected chi connectivity index (χ3v) is 7.41. The molecule has 0 fully saturated rings. The lowest BCUT2D eigenvalue weighted by molar-refractivity contribution is -0.141. The summed E-state index contributed by atoms with van der Waals surface area (Å²) >= 11 is 0. The Morgan fingerprint density at radius 2 is 1.77 bits per heavy atom. The van der Waals surface area contributed by atoms with Crippen LogP contribution in [0.2, 0.25) is 0 Å². The van der Waals surface area contributed by atoms with E-state index < -0.39 is 11.9 Å². The molecule has 0 bridgehead atoms. The van der Waals surface area contributed by atoms with Crippen LogP contribution in [0.15, 0.2) is 86.5 Å². The first-order chi connectivity index (χ1) is 19.3. The molecular formula is C32H33NO7. The average molecular weight is 544 g/mol. The van der Waals surface area contributed by atoms with Crippen molar-refractivity contribution in [1.29, 1.82) is 0 Å². The lowest BCUT2D eigenvalue weighted by atomic mass is 9.71. The van der Waals surface area contributed by atoms with Crippen molar-refractivity contribution < 1.29 is 28.2 Å². The fraction of sp³-hybridized carbons (Fsp3) is 0.344. The van der Waals surface area contributed by atoms with E-state index in [4.69, 9.17) is 18.6 Å². The molecule has 0 amide bonds. The largest absolute Gasteiger partial charge is 0.496 e. The molecule has 3 aromatic rings. The normalized spacial score (nSPS) is 19.1. The van der Waals surface area contributed by atoms with Gasteiger partial charge in [0.2, 0.25) is 0 Å². The summed E-state index contributed by atoms with van der Waals surface area (Å²) in [5, 5.41) is 3.70. The highest BCUT2D eigenvalue weighted by Gasteiger charge is 2.43. The number of nitrogens with one attached hydrogen (secondary N) is 1. The van der Waals surface area contributed by atoms with Gasteiger partial charge in [-0.1, -0.05) is 30.3 Å². The van der Waals surface area contributed by atoms with Gasteiger partial charge in [0.15, 0.2) is 11.2 Å². The van der Waals surface area contributed by atoms with Crippen LogP contribution in [0.4, 0.5) is 0 Å². The quantitative estimate of drug-likeness (QED) is 0.308. The molecule has 2 unspecified atom stereocenters. The summed E-state index contributed by atoms with van der Waals surface area (Å²) in [6, 6.07) is 14.6. The van der Waals surface area contributed by atoms with Crippen LogP contribution in [0.25, 0.3) is 11.0 Å². The number of ether oxygens (including phenoxy) is 3. The minimum absolute atomic E-state index is 0.00487. The van der Waals surface area contributed by atoms with Crippen LogP contribution in [0, 0.1) is 0 Å². The molecule has 5 rings (SSSR count). The lowest BCUT2D eigenvalue weighted by Gasteiger charge is -2.36. The van der Waals surface area contributed by atoms with E-state index in [1.54, 1.807) is 38.3 Å². The van der Waals surface area contributed by atoms with Crippen LogP contribution >= 0.6 is 0 Å². The summed E-state index contributed by atoms with van der Waals surface area (Å²) in [5.41, 5.74) is 3.12. The molecule has 8 nitrogen and oxygen atoms in total. The number of carbonyl (C=O) groups is 2. The van der Waals surface area contributed by atoms with Gasteiger partial charge >= 0.3 is 5.97 Å². The van der Waals surface area contributed by atoms with Crippen molar-refractivity contribution in [2.45, 2.75) is 51.6 Å². The van der Waals surface area contributed by atoms with E-state index in [1.807, 2.05) is 38.1 Å². The fourth-order valence-corrected chi connectivity index (χ4v) is 5.63. The Hall–Kier alpha value is -4.17. The number of dihydropyridines is 1. The Morgan fingerprint density at radius 1 is 1.02 bits per heavy atom. The number of para-hydroxylation sites is 2. The first-order valence-electron chi connectivity index (χ1n) is 13.5. The third kappa shape index (κ3) is 5.19. The molecule has 2 aliphatic rings. The lowest BCUT2D eigenvalue weighted by Crippen LogP contribution is -2.37. The highest BCUT2D eigenvalue weighted by atomic mass is 16.6. The van der Waals surface area contributed by atoms with E-state index >= 15 is 0 Å². The summed E-state index contributed by atoms with van der Waals surface area (Å²) in [7, 11) is 1.61. The molecule has 40 heavy (non-hydrogen) atoms. The summed E-state index contributed by atoms with van der Waals surface area (Å²) in [6.07, 6.45) is 2.08. The van der Waals surface area contributed by atoms with Gasteiger partial charge in [0.05, 0.1) is 43.0 Å². The zero-order valence-electron chi connectivity index (χ0n) is 23.1. The number of benzene rings is 2. The third-order valence-electron chi connectivity index (χ3n) is 7.41. The number of Topliss-reactive ketones (excluding diaryl/α,β-unsaturated/α-hetero) is 1. The summed E-state index contributed by atoms with van der Waals surface area (Å²) in [5.74, 6) is -1.10. The van der Waals surface area contributed by atoms with Crippen LogP contribution in [-0.2, 0) is 19.1 Å². The zero-order valence-corrected chi connectivity index (χ0v) is 23.1. The van der Waals surface area contributed by atoms with Gasteiger partial charge in [0.25, 0.3) is 0 Å². The van der Waals surface area contributed by atoms with E-state index in [0.717, 1.165) is 5.56 Å². The second-order valence-corrected chi connectivity index (χ2v) is 10.3. The molecule has 0 radical (unpaired) electrons. The van der Waals surface area contributed by atoms with E-state index in [-0.39, 0.29) is 54.0 Å². The number of ketones is 1. The van der Waals surface area contributed by atoms with Gasteiger partial charge in [-0.3, -0.25) is 9.59 Å². The van der Waals surface area contributed by atoms with Crippen molar-refractivity contribution in [3.8, 4) is 5.75 Å². The summed E-state index contributed by atoms with van der Waals surface area (Å²) in [4.78, 5) is 41.2. The van der Waals surface area contributed by atoms with Crippen LogP contribution < -0.4 is 15.5 Å². The van der Waals surface area contributed by atoms with E-state index in [9.17, 15) is 14.4 Å². The molecule has 2 heterocycles. The van der Waals surface area contributed by atoms with Crippen molar-refractivity contribution in [2.24, 2.45) is 0 Å². The number of rotatable bonds is 8. The average Bonchev–Trinajstić information content (AvgIpc) is 2.94. The predicted octanol–water partition coefficient (Wildman–Crippen LogP) is 5.13. The van der Waals surface area contributed by atoms with Crippen LogP contribution in [0.3, 0.4) is 0 Å². The van der Waals surface area contributed by atoms with Crippen molar-refractivity contribution in [1.82, 2.24) is 5.32 Å². The zero-order chi connectivity index (χ0) is 28.4. The highest BCUT2D eigenvalue weighted by Crippen LogP contribution is 2.46. The Kier molecular flexibility index (Phi) is 7.89. The van der Waals surface area contributed by atoms with Crippen LogP contribution in [0.5, 0.6) is 5.75 Å². The maximum atomic E-state index is 13.9. The first kappa shape index (κ1) is 27.4. The Bertz CT molecular complexity index is 1580. The Balaban J connectivity index is 1.59. The number of fused-ring (bicyclic) bond motifs is 1. The number of hydrogen-bond acceptors (Lipinski definition) is 8. The van der Waals surface area contributed by atoms with Crippen LogP contribution in [0.1, 0.15) is 56.6 Å². The van der Waals surface area contributed by atoms with Crippen molar-refractivity contribution in [2.75, 3.05) is 20.3 Å². The molecule has 0 saturated carbocycles. The second-order valence-electron chi connectivity index (χ2n) is 10.3. The molecule has 1 aromatic heterocycles. The molecule has 208 valence electrons. The predicted molar refractivity (Wildman–Crippen MR) is 150 cm³/mol. The minimum Gasteiger partial charge on any atom is -0.496 e. The smallest absolute Gasteiger partial charge is 0.336 e. The van der Waals surface area contributed by atoms with Gasteiger partial charge in [0, 0.05) is 34.9 Å².